The maximum atomic E-state index is 11.5. The number of rotatable bonds is 4. The Bertz CT molecular complexity index is 705. The monoisotopic (exact) mass is 373 g/mol. The zero-order valence-corrected chi connectivity index (χ0v) is 14.7. The highest BCUT2D eigenvalue weighted by Gasteiger charge is 2.17. The van der Waals surface area contributed by atoms with Crippen molar-refractivity contribution in [3.8, 4) is 0 Å². The molecule has 108 valence electrons. The van der Waals surface area contributed by atoms with Crippen LogP contribution in [-0.4, -0.2) is 21.7 Å². The number of nitrogens with one attached hydrogen (secondary N) is 1. The highest BCUT2D eigenvalue weighted by atomic mass is 79.9. The first-order valence-electron chi connectivity index (χ1n) is 6.06. The number of hydrogen-bond donors (Lipinski definition) is 1. The van der Waals surface area contributed by atoms with Crippen molar-refractivity contribution in [1.29, 1.82) is 0 Å². The summed E-state index contributed by atoms with van der Waals surface area (Å²) in [6.45, 7) is 2.08. The van der Waals surface area contributed by atoms with Gasteiger partial charge in [0.25, 0.3) is 0 Å². The molecule has 0 spiro atoms. The molecule has 20 heavy (non-hydrogen) atoms. The van der Waals surface area contributed by atoms with Gasteiger partial charge in [-0.3, -0.25) is 0 Å². The number of halogens is 1. The van der Waals surface area contributed by atoms with Gasteiger partial charge in [-0.1, -0.05) is 12.1 Å². The van der Waals surface area contributed by atoms with Crippen molar-refractivity contribution in [3.05, 3.63) is 50.1 Å². The lowest BCUT2D eigenvalue weighted by atomic mass is 10.00. The third kappa shape index (κ3) is 3.31. The maximum absolute atomic E-state index is 11.5. The Balaban J connectivity index is 2.40. The van der Waals surface area contributed by atoms with Gasteiger partial charge >= 0.3 is 0 Å². The Morgan fingerprint density at radius 2 is 1.85 bits per heavy atom. The summed E-state index contributed by atoms with van der Waals surface area (Å²) in [5, 5.41) is 3.28. The van der Waals surface area contributed by atoms with Gasteiger partial charge in [0, 0.05) is 11.1 Å². The van der Waals surface area contributed by atoms with Crippen LogP contribution in [0.3, 0.4) is 0 Å². The Morgan fingerprint density at radius 3 is 2.25 bits per heavy atom. The lowest BCUT2D eigenvalue weighted by Crippen LogP contribution is -2.17. The molecule has 0 saturated heterocycles. The van der Waals surface area contributed by atoms with Crippen LogP contribution in [0.5, 0.6) is 0 Å². The molecule has 0 aliphatic carbocycles. The maximum Gasteiger partial charge on any atom is 0.175 e. The number of benzene rings is 1. The van der Waals surface area contributed by atoms with E-state index in [1.54, 1.807) is 23.5 Å². The minimum atomic E-state index is -3.15. The van der Waals surface area contributed by atoms with Gasteiger partial charge in [0.1, 0.15) is 0 Å². The Kier molecular flexibility index (Phi) is 4.69. The summed E-state index contributed by atoms with van der Waals surface area (Å²) in [4.78, 5) is 1.59. The third-order valence-corrected chi connectivity index (χ3v) is 5.87. The zero-order valence-electron chi connectivity index (χ0n) is 11.5. The van der Waals surface area contributed by atoms with Gasteiger partial charge in [0.2, 0.25) is 0 Å². The van der Waals surface area contributed by atoms with E-state index in [9.17, 15) is 8.42 Å². The van der Waals surface area contributed by atoms with Crippen LogP contribution in [0.25, 0.3) is 0 Å². The second-order valence-electron chi connectivity index (χ2n) is 4.62. The van der Waals surface area contributed by atoms with Gasteiger partial charge in [-0.2, -0.15) is 0 Å². The fourth-order valence-electron chi connectivity index (χ4n) is 2.15. The van der Waals surface area contributed by atoms with E-state index in [1.807, 2.05) is 19.2 Å². The van der Waals surface area contributed by atoms with Gasteiger partial charge in [-0.05, 0) is 59.2 Å². The molecule has 0 radical (unpaired) electrons. The molecule has 1 aromatic heterocycles. The molecule has 6 heteroatoms. The molecule has 0 aliphatic rings. The van der Waals surface area contributed by atoms with Gasteiger partial charge in [-0.15, -0.1) is 11.3 Å². The topological polar surface area (TPSA) is 46.2 Å². The summed E-state index contributed by atoms with van der Waals surface area (Å²) in [7, 11) is -1.24. The molecule has 0 amide bonds. The molecule has 0 saturated carbocycles. The number of thiophene rings is 1. The Labute approximate surface area is 132 Å². The highest BCUT2D eigenvalue weighted by molar-refractivity contribution is 9.11. The Morgan fingerprint density at radius 1 is 1.25 bits per heavy atom. The molecule has 2 aromatic rings. The van der Waals surface area contributed by atoms with E-state index in [4.69, 9.17) is 0 Å². The van der Waals surface area contributed by atoms with E-state index >= 15 is 0 Å². The zero-order chi connectivity index (χ0) is 14.9. The largest absolute Gasteiger partial charge is 0.309 e. The molecule has 1 atom stereocenters. The smallest absolute Gasteiger partial charge is 0.175 e. The predicted molar refractivity (Wildman–Crippen MR) is 87.2 cm³/mol. The summed E-state index contributed by atoms with van der Waals surface area (Å²) in [6.07, 6.45) is 1.22. The summed E-state index contributed by atoms with van der Waals surface area (Å²) >= 11 is 5.20. The highest BCUT2D eigenvalue weighted by Crippen LogP contribution is 2.33. The molecule has 0 aliphatic heterocycles. The van der Waals surface area contributed by atoms with Crippen molar-refractivity contribution in [2.45, 2.75) is 17.9 Å². The first-order chi connectivity index (χ1) is 9.32. The fraction of sp³-hybridized carbons (Fsp3) is 0.286. The normalized spacial score (nSPS) is 13.4. The van der Waals surface area contributed by atoms with Crippen molar-refractivity contribution in [2.75, 3.05) is 13.3 Å². The van der Waals surface area contributed by atoms with E-state index in [0.717, 1.165) is 9.35 Å². The van der Waals surface area contributed by atoms with Crippen molar-refractivity contribution >= 4 is 37.1 Å². The summed E-state index contributed by atoms with van der Waals surface area (Å²) in [5.41, 5.74) is 2.25. The molecular weight excluding hydrogens is 358 g/mol. The minimum Gasteiger partial charge on any atom is -0.309 e. The second kappa shape index (κ2) is 5.97. The van der Waals surface area contributed by atoms with Crippen LogP contribution in [0.15, 0.2) is 39.0 Å². The van der Waals surface area contributed by atoms with Gasteiger partial charge in [-0.25, -0.2) is 8.42 Å². The quantitative estimate of drug-likeness (QED) is 0.891. The predicted octanol–water partition coefficient (Wildman–Crippen LogP) is 3.53. The minimum absolute atomic E-state index is 0.0613. The molecule has 1 N–H and O–H groups in total. The molecule has 3 nitrogen and oxygen atoms in total. The van der Waals surface area contributed by atoms with Crippen LogP contribution in [0.4, 0.5) is 0 Å². The molecule has 1 heterocycles. The molecule has 2 rings (SSSR count). The standard InChI is InChI=1S/C14H16BrNO2S2/c1-9-12(8-13(15)19-9)14(16-2)10-4-6-11(7-5-10)20(3,17)18/h4-8,14,16H,1-3H3. The van der Waals surface area contributed by atoms with E-state index in [0.29, 0.717) is 4.90 Å². The van der Waals surface area contributed by atoms with E-state index in [1.165, 1.54) is 16.7 Å². The molecule has 1 unspecified atom stereocenters. The summed E-state index contributed by atoms with van der Waals surface area (Å²) in [5.74, 6) is 0. The van der Waals surface area contributed by atoms with Crippen LogP contribution < -0.4 is 5.32 Å². The van der Waals surface area contributed by atoms with Crippen LogP contribution in [0, 0.1) is 6.92 Å². The van der Waals surface area contributed by atoms with Gasteiger partial charge < -0.3 is 5.32 Å². The van der Waals surface area contributed by atoms with Crippen molar-refractivity contribution in [1.82, 2.24) is 5.32 Å². The molecule has 0 fully saturated rings. The molecule has 1 aromatic carbocycles. The lowest BCUT2D eigenvalue weighted by molar-refractivity contribution is 0.601. The summed E-state index contributed by atoms with van der Waals surface area (Å²) < 4.78 is 24.1. The average Bonchev–Trinajstić information content (AvgIpc) is 2.69. The van der Waals surface area contributed by atoms with E-state index < -0.39 is 9.84 Å². The number of aryl methyl sites for hydroxylation is 1. The first kappa shape index (κ1) is 15.7. The third-order valence-electron chi connectivity index (χ3n) is 3.17. The van der Waals surface area contributed by atoms with E-state index in [2.05, 4.69) is 34.2 Å². The second-order valence-corrected chi connectivity index (χ2v) is 9.28. The number of sulfone groups is 1. The van der Waals surface area contributed by atoms with E-state index in [-0.39, 0.29) is 6.04 Å². The van der Waals surface area contributed by atoms with Crippen LogP contribution in [-0.2, 0) is 9.84 Å². The van der Waals surface area contributed by atoms with Gasteiger partial charge in [0.15, 0.2) is 9.84 Å². The average molecular weight is 374 g/mol. The Hall–Kier alpha value is -0.690. The van der Waals surface area contributed by atoms with Crippen LogP contribution in [0.1, 0.15) is 22.0 Å². The van der Waals surface area contributed by atoms with Gasteiger partial charge in [0.05, 0.1) is 14.7 Å². The fourth-order valence-corrected chi connectivity index (χ4v) is 4.53. The van der Waals surface area contributed by atoms with Crippen LogP contribution in [0.2, 0.25) is 0 Å². The SMILES string of the molecule is CNC(c1ccc(S(C)(=O)=O)cc1)c1cc(Br)sc1C. The first-order valence-corrected chi connectivity index (χ1v) is 9.56. The van der Waals surface area contributed by atoms with Crippen LogP contribution >= 0.6 is 27.3 Å². The van der Waals surface area contributed by atoms with Crippen molar-refractivity contribution in [2.24, 2.45) is 0 Å². The molecular formula is C14H16BrNO2S2. The lowest BCUT2D eigenvalue weighted by Gasteiger charge is -2.17. The van der Waals surface area contributed by atoms with Crippen molar-refractivity contribution < 1.29 is 8.42 Å². The van der Waals surface area contributed by atoms with Crippen molar-refractivity contribution in [3.63, 3.8) is 0 Å². The molecule has 0 bridgehead atoms. The summed E-state index contributed by atoms with van der Waals surface area (Å²) in [6, 6.07) is 9.21. The number of hydrogen-bond acceptors (Lipinski definition) is 4.